The first-order chi connectivity index (χ1) is 11.7. The molecule has 2 amide bonds. The first-order valence-corrected chi connectivity index (χ1v) is 8.71. The molecule has 3 aliphatic rings. The van der Waals surface area contributed by atoms with E-state index in [0.29, 0.717) is 19.5 Å². The van der Waals surface area contributed by atoms with Crippen molar-refractivity contribution in [3.63, 3.8) is 0 Å². The summed E-state index contributed by atoms with van der Waals surface area (Å²) in [6, 6.07) is 10.4. The molecule has 2 atom stereocenters. The van der Waals surface area contributed by atoms with Crippen molar-refractivity contribution in [1.82, 2.24) is 9.80 Å². The summed E-state index contributed by atoms with van der Waals surface area (Å²) in [4.78, 5) is 28.8. The number of rotatable bonds is 3. The maximum absolute atomic E-state index is 12.5. The van der Waals surface area contributed by atoms with Crippen LogP contribution in [0.15, 0.2) is 48.6 Å². The number of carbonyl (C=O) groups is 2. The fraction of sp³-hybridized carbons (Fsp3) is 0.400. The topological polar surface area (TPSA) is 40.6 Å². The second-order valence-electron chi connectivity index (χ2n) is 6.82. The molecule has 0 bridgehead atoms. The molecule has 124 valence electrons. The average Bonchev–Trinajstić information content (AvgIpc) is 2.88. The summed E-state index contributed by atoms with van der Waals surface area (Å²) < 4.78 is 0. The average molecular weight is 322 g/mol. The molecule has 0 N–H and O–H groups in total. The SMILES string of the molecule is O=C1[C@H]2CC=CC[C@H]2C(=O)N1CN1CC=C(c2ccccc2)CC1. The summed E-state index contributed by atoms with van der Waals surface area (Å²) in [5.74, 6) is -0.204. The maximum atomic E-state index is 12.5. The van der Waals surface area contributed by atoms with E-state index in [9.17, 15) is 9.59 Å². The molecule has 1 aromatic carbocycles. The highest BCUT2D eigenvalue weighted by Crippen LogP contribution is 2.35. The molecule has 4 rings (SSSR count). The Balaban J connectivity index is 1.41. The van der Waals surface area contributed by atoms with Crippen LogP contribution in [0, 0.1) is 11.8 Å². The first-order valence-electron chi connectivity index (χ1n) is 8.71. The van der Waals surface area contributed by atoms with Crippen molar-refractivity contribution in [3.05, 3.63) is 54.1 Å². The van der Waals surface area contributed by atoms with Crippen molar-refractivity contribution in [1.29, 1.82) is 0 Å². The van der Waals surface area contributed by atoms with Crippen LogP contribution in [0.3, 0.4) is 0 Å². The lowest BCUT2D eigenvalue weighted by atomic mass is 9.85. The zero-order chi connectivity index (χ0) is 16.5. The number of amides is 2. The highest BCUT2D eigenvalue weighted by molar-refractivity contribution is 6.05. The van der Waals surface area contributed by atoms with Crippen LogP contribution in [-0.2, 0) is 9.59 Å². The third-order valence-electron chi connectivity index (χ3n) is 5.38. The maximum Gasteiger partial charge on any atom is 0.234 e. The van der Waals surface area contributed by atoms with E-state index in [1.165, 1.54) is 16.0 Å². The quantitative estimate of drug-likeness (QED) is 0.634. The lowest BCUT2D eigenvalue weighted by molar-refractivity contribution is -0.142. The van der Waals surface area contributed by atoms with Gasteiger partial charge < -0.3 is 0 Å². The van der Waals surface area contributed by atoms with E-state index in [2.05, 4.69) is 35.2 Å². The van der Waals surface area contributed by atoms with Crippen LogP contribution in [-0.4, -0.2) is 41.4 Å². The molecule has 1 saturated heterocycles. The van der Waals surface area contributed by atoms with E-state index in [1.807, 2.05) is 18.2 Å². The number of fused-ring (bicyclic) bond motifs is 1. The third-order valence-corrected chi connectivity index (χ3v) is 5.38. The van der Waals surface area contributed by atoms with Gasteiger partial charge in [0, 0.05) is 13.1 Å². The number of benzene rings is 1. The van der Waals surface area contributed by atoms with Gasteiger partial charge in [-0.15, -0.1) is 0 Å². The molecule has 4 nitrogen and oxygen atoms in total. The number of allylic oxidation sites excluding steroid dienone is 2. The van der Waals surface area contributed by atoms with Gasteiger partial charge in [-0.05, 0) is 30.4 Å². The number of likely N-dealkylation sites (tertiary alicyclic amines) is 1. The Bertz CT molecular complexity index is 682. The molecule has 1 fully saturated rings. The molecule has 0 radical (unpaired) electrons. The van der Waals surface area contributed by atoms with Gasteiger partial charge in [0.1, 0.15) is 0 Å². The highest BCUT2D eigenvalue weighted by atomic mass is 16.2. The molecule has 2 heterocycles. The lowest BCUT2D eigenvalue weighted by Gasteiger charge is -2.29. The Labute approximate surface area is 142 Å². The molecule has 24 heavy (non-hydrogen) atoms. The number of hydrogen-bond acceptors (Lipinski definition) is 3. The van der Waals surface area contributed by atoms with Crippen LogP contribution in [0.5, 0.6) is 0 Å². The van der Waals surface area contributed by atoms with E-state index in [-0.39, 0.29) is 23.7 Å². The van der Waals surface area contributed by atoms with Crippen LogP contribution in [0.4, 0.5) is 0 Å². The summed E-state index contributed by atoms with van der Waals surface area (Å²) >= 11 is 0. The summed E-state index contributed by atoms with van der Waals surface area (Å²) in [7, 11) is 0. The summed E-state index contributed by atoms with van der Waals surface area (Å²) in [6.45, 7) is 2.10. The Morgan fingerprint density at radius 3 is 2.21 bits per heavy atom. The molecule has 1 aromatic rings. The van der Waals surface area contributed by atoms with E-state index >= 15 is 0 Å². The Kier molecular flexibility index (Phi) is 4.07. The zero-order valence-electron chi connectivity index (χ0n) is 13.7. The summed E-state index contributed by atoms with van der Waals surface area (Å²) in [5, 5.41) is 0. The fourth-order valence-corrected chi connectivity index (χ4v) is 3.96. The van der Waals surface area contributed by atoms with Crippen molar-refractivity contribution in [3.8, 4) is 0 Å². The van der Waals surface area contributed by atoms with E-state index < -0.39 is 0 Å². The van der Waals surface area contributed by atoms with Crippen molar-refractivity contribution >= 4 is 17.4 Å². The number of hydrogen-bond donors (Lipinski definition) is 0. The second-order valence-corrected chi connectivity index (χ2v) is 6.82. The lowest BCUT2D eigenvalue weighted by Crippen LogP contribution is -2.43. The molecule has 1 aliphatic carbocycles. The van der Waals surface area contributed by atoms with Gasteiger partial charge in [0.25, 0.3) is 0 Å². The van der Waals surface area contributed by atoms with Crippen LogP contribution < -0.4 is 0 Å². The van der Waals surface area contributed by atoms with Gasteiger partial charge in [-0.3, -0.25) is 19.4 Å². The highest BCUT2D eigenvalue weighted by Gasteiger charge is 2.47. The molecule has 0 unspecified atom stereocenters. The number of nitrogens with zero attached hydrogens (tertiary/aromatic N) is 2. The predicted molar refractivity (Wildman–Crippen MR) is 92.7 cm³/mol. The van der Waals surface area contributed by atoms with Crippen molar-refractivity contribution in [2.24, 2.45) is 11.8 Å². The fourth-order valence-electron chi connectivity index (χ4n) is 3.96. The summed E-state index contributed by atoms with van der Waals surface area (Å²) in [5.41, 5.74) is 2.62. The predicted octanol–water partition coefficient (Wildman–Crippen LogP) is 2.68. The van der Waals surface area contributed by atoms with Gasteiger partial charge >= 0.3 is 0 Å². The van der Waals surface area contributed by atoms with Crippen molar-refractivity contribution < 1.29 is 9.59 Å². The van der Waals surface area contributed by atoms with Gasteiger partial charge in [-0.2, -0.15) is 0 Å². The largest absolute Gasteiger partial charge is 0.282 e. The van der Waals surface area contributed by atoms with Crippen LogP contribution in [0.1, 0.15) is 24.8 Å². The van der Waals surface area contributed by atoms with E-state index in [0.717, 1.165) is 19.5 Å². The molecule has 2 aliphatic heterocycles. The first kappa shape index (κ1) is 15.3. The minimum absolute atomic E-state index is 0.0205. The molecular formula is C20H22N2O2. The van der Waals surface area contributed by atoms with Gasteiger partial charge in [0.05, 0.1) is 18.5 Å². The van der Waals surface area contributed by atoms with Crippen LogP contribution >= 0.6 is 0 Å². The number of carbonyl (C=O) groups excluding carboxylic acids is 2. The third kappa shape index (κ3) is 2.71. The molecule has 0 saturated carbocycles. The Morgan fingerprint density at radius 1 is 0.958 bits per heavy atom. The molecule has 4 heteroatoms. The Morgan fingerprint density at radius 2 is 1.62 bits per heavy atom. The van der Waals surface area contributed by atoms with Crippen LogP contribution in [0.25, 0.3) is 5.57 Å². The van der Waals surface area contributed by atoms with E-state index in [1.54, 1.807) is 0 Å². The number of imide groups is 1. The normalized spacial score (nSPS) is 27.3. The van der Waals surface area contributed by atoms with Crippen molar-refractivity contribution in [2.45, 2.75) is 19.3 Å². The van der Waals surface area contributed by atoms with Gasteiger partial charge in [0.2, 0.25) is 11.8 Å². The van der Waals surface area contributed by atoms with Crippen molar-refractivity contribution in [2.75, 3.05) is 19.8 Å². The van der Waals surface area contributed by atoms with E-state index in [4.69, 9.17) is 0 Å². The van der Waals surface area contributed by atoms with Crippen LogP contribution in [0.2, 0.25) is 0 Å². The smallest absolute Gasteiger partial charge is 0.234 e. The van der Waals surface area contributed by atoms with Gasteiger partial charge in [0.15, 0.2) is 0 Å². The second kappa shape index (κ2) is 6.36. The standard InChI is InChI=1S/C20H22N2O2/c23-19-17-8-4-5-9-18(17)20(24)22(19)14-21-12-10-16(11-13-21)15-6-2-1-3-7-15/h1-7,10,17-18H,8-9,11-14H2/t17-,18+. The minimum Gasteiger partial charge on any atom is -0.282 e. The molecule has 0 spiro atoms. The van der Waals surface area contributed by atoms with Gasteiger partial charge in [-0.25, -0.2) is 0 Å². The zero-order valence-corrected chi connectivity index (χ0v) is 13.7. The minimum atomic E-state index is -0.122. The Hall–Kier alpha value is -2.20. The molecule has 0 aromatic heterocycles. The summed E-state index contributed by atoms with van der Waals surface area (Å²) in [6.07, 6.45) is 8.66. The molecular weight excluding hydrogens is 300 g/mol. The van der Waals surface area contributed by atoms with Gasteiger partial charge in [-0.1, -0.05) is 48.6 Å². The monoisotopic (exact) mass is 322 g/mol.